The van der Waals surface area contributed by atoms with E-state index in [4.69, 9.17) is 4.74 Å². The Bertz CT molecular complexity index is 513. The van der Waals surface area contributed by atoms with Crippen LogP contribution in [0.25, 0.3) is 0 Å². The van der Waals surface area contributed by atoms with E-state index in [1.807, 2.05) is 0 Å². The number of nitrogens with one attached hydrogen (secondary N) is 1. The number of ketones is 1. The van der Waals surface area contributed by atoms with Gasteiger partial charge < -0.3 is 10.1 Å². The number of non-ortho nitro benzene ring substituents is 1. The number of hydrogen-bond donors (Lipinski definition) is 1. The van der Waals surface area contributed by atoms with Crippen molar-refractivity contribution >= 4 is 17.4 Å². The zero-order chi connectivity index (χ0) is 14.4. The number of amides is 1. The van der Waals surface area contributed by atoms with E-state index in [-0.39, 0.29) is 35.3 Å². The lowest BCUT2D eigenvalue weighted by molar-refractivity contribution is -0.384. The Morgan fingerprint density at radius 1 is 1.42 bits per heavy atom. The highest BCUT2D eigenvalue weighted by atomic mass is 16.6. The molecule has 102 valence electrons. The maximum Gasteiger partial charge on any atom is 0.270 e. The summed E-state index contributed by atoms with van der Waals surface area (Å²) in [4.78, 5) is 32.7. The van der Waals surface area contributed by atoms with Gasteiger partial charge in [0.05, 0.1) is 10.5 Å². The lowest BCUT2D eigenvalue weighted by Gasteiger charge is -2.09. The first-order valence-electron chi connectivity index (χ1n) is 5.64. The quantitative estimate of drug-likeness (QED) is 0.475. The topological polar surface area (TPSA) is 98.5 Å². The predicted octanol–water partition coefficient (Wildman–Crippen LogP) is 1.31. The van der Waals surface area contributed by atoms with E-state index in [0.717, 1.165) is 6.07 Å². The Balaban J connectivity index is 2.91. The van der Waals surface area contributed by atoms with Gasteiger partial charge in [0.25, 0.3) is 11.6 Å². The van der Waals surface area contributed by atoms with Crippen molar-refractivity contribution < 1.29 is 19.2 Å². The molecule has 0 spiro atoms. The first kappa shape index (κ1) is 14.6. The second-order valence-corrected chi connectivity index (χ2v) is 3.74. The number of rotatable bonds is 6. The van der Waals surface area contributed by atoms with Gasteiger partial charge in [-0.05, 0) is 19.9 Å². The van der Waals surface area contributed by atoms with Crippen molar-refractivity contribution in [3.8, 4) is 5.75 Å². The number of hydrogen-bond acceptors (Lipinski definition) is 5. The summed E-state index contributed by atoms with van der Waals surface area (Å²) in [5.41, 5.74) is -0.117. The fourth-order valence-corrected chi connectivity index (χ4v) is 1.42. The first-order chi connectivity index (χ1) is 8.95. The average molecular weight is 266 g/mol. The first-order valence-corrected chi connectivity index (χ1v) is 5.64. The van der Waals surface area contributed by atoms with E-state index in [0.29, 0.717) is 6.54 Å². The molecule has 0 saturated heterocycles. The van der Waals surface area contributed by atoms with Crippen LogP contribution < -0.4 is 10.1 Å². The number of nitro groups is 1. The number of carbonyl (C=O) groups excluding carboxylic acids is 2. The molecule has 0 aliphatic carbocycles. The van der Waals surface area contributed by atoms with Crippen molar-refractivity contribution in [1.29, 1.82) is 0 Å². The number of carbonyl (C=O) groups is 2. The molecule has 7 heteroatoms. The van der Waals surface area contributed by atoms with Gasteiger partial charge in [-0.2, -0.15) is 0 Å². The Morgan fingerprint density at radius 2 is 2.11 bits per heavy atom. The summed E-state index contributed by atoms with van der Waals surface area (Å²) in [5, 5.41) is 13.2. The second kappa shape index (κ2) is 6.48. The number of likely N-dealkylation sites (N-methyl/N-ethyl adjacent to an activating group) is 1. The summed E-state index contributed by atoms with van der Waals surface area (Å²) in [6.45, 7) is 3.27. The van der Waals surface area contributed by atoms with Gasteiger partial charge >= 0.3 is 0 Å². The molecule has 1 aromatic rings. The summed E-state index contributed by atoms with van der Waals surface area (Å²) >= 11 is 0. The fourth-order valence-electron chi connectivity index (χ4n) is 1.42. The summed E-state index contributed by atoms with van der Waals surface area (Å²) in [6, 6.07) is 3.67. The summed E-state index contributed by atoms with van der Waals surface area (Å²) in [6.07, 6.45) is 0. The third kappa shape index (κ3) is 4.06. The molecule has 0 aliphatic heterocycles. The van der Waals surface area contributed by atoms with Crippen molar-refractivity contribution in [1.82, 2.24) is 5.32 Å². The molecule has 0 atom stereocenters. The number of ether oxygens (including phenoxy) is 1. The van der Waals surface area contributed by atoms with E-state index in [1.54, 1.807) is 6.92 Å². The molecule has 0 aromatic heterocycles. The molecule has 0 saturated carbocycles. The van der Waals surface area contributed by atoms with Gasteiger partial charge in [-0.15, -0.1) is 0 Å². The minimum absolute atomic E-state index is 0.0819. The fraction of sp³-hybridized carbons (Fsp3) is 0.333. The molecule has 0 radical (unpaired) electrons. The number of Topliss-reactive ketones (excluding diaryl/α,β-unsaturated/α-hetero) is 1. The minimum atomic E-state index is -0.597. The van der Waals surface area contributed by atoms with Crippen molar-refractivity contribution in [3.63, 3.8) is 0 Å². The zero-order valence-corrected chi connectivity index (χ0v) is 10.6. The normalized spacial score (nSPS) is 9.79. The van der Waals surface area contributed by atoms with Gasteiger partial charge in [0.2, 0.25) is 0 Å². The predicted molar refractivity (Wildman–Crippen MR) is 67.3 cm³/mol. The highest BCUT2D eigenvalue weighted by Crippen LogP contribution is 2.24. The second-order valence-electron chi connectivity index (χ2n) is 3.74. The van der Waals surface area contributed by atoms with Crippen LogP contribution in [-0.2, 0) is 4.79 Å². The van der Waals surface area contributed by atoms with E-state index in [1.165, 1.54) is 19.1 Å². The highest BCUT2D eigenvalue weighted by Gasteiger charge is 2.15. The van der Waals surface area contributed by atoms with Crippen molar-refractivity contribution in [2.45, 2.75) is 13.8 Å². The van der Waals surface area contributed by atoms with Crippen LogP contribution in [0.15, 0.2) is 18.2 Å². The Morgan fingerprint density at radius 3 is 2.63 bits per heavy atom. The van der Waals surface area contributed by atoms with Gasteiger partial charge in [0.15, 0.2) is 12.4 Å². The molecule has 0 bridgehead atoms. The molecular formula is C12H14N2O5. The monoisotopic (exact) mass is 266 g/mol. The number of benzene rings is 1. The maximum absolute atomic E-state index is 11.4. The van der Waals surface area contributed by atoms with Gasteiger partial charge in [-0.3, -0.25) is 19.7 Å². The van der Waals surface area contributed by atoms with Crippen molar-refractivity contribution in [3.05, 3.63) is 33.9 Å². The van der Waals surface area contributed by atoms with Crippen LogP contribution in [-0.4, -0.2) is 29.8 Å². The zero-order valence-electron chi connectivity index (χ0n) is 10.6. The maximum atomic E-state index is 11.4. The van der Waals surface area contributed by atoms with Crippen LogP contribution in [0, 0.1) is 10.1 Å². The average Bonchev–Trinajstić information content (AvgIpc) is 2.36. The molecule has 0 heterocycles. The van der Waals surface area contributed by atoms with Gasteiger partial charge in [0, 0.05) is 18.7 Å². The SMILES string of the molecule is CCNC(=O)COc1ccc([N+](=O)[O-])cc1C(C)=O. The summed E-state index contributed by atoms with van der Waals surface area (Å²) < 4.78 is 5.19. The summed E-state index contributed by atoms with van der Waals surface area (Å²) in [7, 11) is 0. The molecule has 1 aromatic carbocycles. The van der Waals surface area contributed by atoms with Crippen LogP contribution >= 0.6 is 0 Å². The lowest BCUT2D eigenvalue weighted by atomic mass is 10.1. The van der Waals surface area contributed by atoms with E-state index in [9.17, 15) is 19.7 Å². The van der Waals surface area contributed by atoms with Gasteiger partial charge in [-0.1, -0.05) is 0 Å². The molecule has 1 N–H and O–H groups in total. The Hall–Kier alpha value is -2.44. The third-order valence-corrected chi connectivity index (χ3v) is 2.29. The van der Waals surface area contributed by atoms with Crippen molar-refractivity contribution in [2.24, 2.45) is 0 Å². The van der Waals surface area contributed by atoms with Crippen LogP contribution in [0.2, 0.25) is 0 Å². The van der Waals surface area contributed by atoms with E-state index >= 15 is 0 Å². The summed E-state index contributed by atoms with van der Waals surface area (Å²) in [5.74, 6) is -0.533. The molecular weight excluding hydrogens is 252 g/mol. The standard InChI is InChI=1S/C12H14N2O5/c1-3-13-12(16)7-19-11-5-4-9(14(17)18)6-10(11)8(2)15/h4-6H,3,7H2,1-2H3,(H,13,16). The Kier molecular flexibility index (Phi) is 4.99. The smallest absolute Gasteiger partial charge is 0.270 e. The molecule has 0 fully saturated rings. The van der Waals surface area contributed by atoms with Crippen LogP contribution in [0.3, 0.4) is 0 Å². The van der Waals surface area contributed by atoms with E-state index < -0.39 is 4.92 Å². The van der Waals surface area contributed by atoms with E-state index in [2.05, 4.69) is 5.32 Å². The lowest BCUT2D eigenvalue weighted by Crippen LogP contribution is -2.28. The Labute approximate surface area is 109 Å². The van der Waals surface area contributed by atoms with Gasteiger partial charge in [0.1, 0.15) is 5.75 Å². The van der Waals surface area contributed by atoms with Crippen LogP contribution in [0.1, 0.15) is 24.2 Å². The minimum Gasteiger partial charge on any atom is -0.483 e. The van der Waals surface area contributed by atoms with Crippen molar-refractivity contribution in [2.75, 3.05) is 13.2 Å². The molecule has 7 nitrogen and oxygen atoms in total. The highest BCUT2D eigenvalue weighted by molar-refractivity contribution is 5.97. The molecule has 1 amide bonds. The molecule has 0 aliphatic rings. The third-order valence-electron chi connectivity index (χ3n) is 2.29. The van der Waals surface area contributed by atoms with Crippen LogP contribution in [0.4, 0.5) is 5.69 Å². The van der Waals surface area contributed by atoms with Gasteiger partial charge in [-0.25, -0.2) is 0 Å². The molecule has 0 unspecified atom stereocenters. The largest absolute Gasteiger partial charge is 0.483 e. The molecule has 1 rings (SSSR count). The van der Waals surface area contributed by atoms with Crippen LogP contribution in [0.5, 0.6) is 5.75 Å². The molecule has 19 heavy (non-hydrogen) atoms. The number of nitrogens with zero attached hydrogens (tertiary/aromatic N) is 1. The number of nitro benzene ring substituents is 1.